The fraction of sp³-hybridized carbons (Fsp3) is 0.667. The smallest absolute Gasteiger partial charge is 0.0468 e. The SMILES string of the molecule is CCN1CCCC1CNCc1sccc1N. The lowest BCUT2D eigenvalue weighted by molar-refractivity contribution is 0.260. The Bertz CT molecular complexity index is 324. The summed E-state index contributed by atoms with van der Waals surface area (Å²) in [6.45, 7) is 6.69. The third-order valence-electron chi connectivity index (χ3n) is 3.35. The van der Waals surface area contributed by atoms with Gasteiger partial charge in [-0.25, -0.2) is 0 Å². The summed E-state index contributed by atoms with van der Waals surface area (Å²) in [5.74, 6) is 0. The van der Waals surface area contributed by atoms with E-state index in [0.29, 0.717) is 0 Å². The van der Waals surface area contributed by atoms with Gasteiger partial charge in [0.25, 0.3) is 0 Å². The van der Waals surface area contributed by atoms with E-state index in [1.54, 1.807) is 11.3 Å². The van der Waals surface area contributed by atoms with E-state index in [4.69, 9.17) is 5.73 Å². The monoisotopic (exact) mass is 239 g/mol. The highest BCUT2D eigenvalue weighted by molar-refractivity contribution is 7.10. The van der Waals surface area contributed by atoms with Crippen LogP contribution in [0.5, 0.6) is 0 Å². The van der Waals surface area contributed by atoms with E-state index in [0.717, 1.165) is 24.8 Å². The van der Waals surface area contributed by atoms with Crippen molar-refractivity contribution in [1.29, 1.82) is 0 Å². The number of likely N-dealkylation sites (N-methyl/N-ethyl adjacent to an activating group) is 1. The van der Waals surface area contributed by atoms with Gasteiger partial charge in [-0.3, -0.25) is 4.90 Å². The molecule has 1 aromatic rings. The average Bonchev–Trinajstić information content (AvgIpc) is 2.88. The number of rotatable bonds is 5. The number of nitrogens with two attached hydrogens (primary N) is 1. The minimum Gasteiger partial charge on any atom is -0.398 e. The van der Waals surface area contributed by atoms with Gasteiger partial charge in [0.2, 0.25) is 0 Å². The summed E-state index contributed by atoms with van der Waals surface area (Å²) in [6.07, 6.45) is 2.68. The molecule has 1 unspecified atom stereocenters. The lowest BCUT2D eigenvalue weighted by atomic mass is 10.2. The Morgan fingerprint density at radius 1 is 1.62 bits per heavy atom. The molecular formula is C12H21N3S. The van der Waals surface area contributed by atoms with Crippen LogP contribution in [-0.4, -0.2) is 30.6 Å². The number of nitrogens with zero attached hydrogens (tertiary/aromatic N) is 1. The van der Waals surface area contributed by atoms with Crippen LogP contribution in [-0.2, 0) is 6.54 Å². The normalized spacial score (nSPS) is 21.7. The predicted octanol–water partition coefficient (Wildman–Crippen LogP) is 1.90. The number of likely N-dealkylation sites (tertiary alicyclic amines) is 1. The molecule has 1 aliphatic heterocycles. The molecule has 90 valence electrons. The van der Waals surface area contributed by atoms with Gasteiger partial charge < -0.3 is 11.1 Å². The zero-order chi connectivity index (χ0) is 11.4. The highest BCUT2D eigenvalue weighted by Gasteiger charge is 2.22. The molecule has 1 fully saturated rings. The zero-order valence-electron chi connectivity index (χ0n) is 9.91. The van der Waals surface area contributed by atoms with Gasteiger partial charge in [0, 0.05) is 29.7 Å². The van der Waals surface area contributed by atoms with Gasteiger partial charge in [-0.15, -0.1) is 11.3 Å². The predicted molar refractivity (Wildman–Crippen MR) is 70.7 cm³/mol. The first-order valence-electron chi connectivity index (χ1n) is 6.08. The van der Waals surface area contributed by atoms with Gasteiger partial charge in [0.15, 0.2) is 0 Å². The Morgan fingerprint density at radius 2 is 2.50 bits per heavy atom. The molecule has 1 atom stereocenters. The van der Waals surface area contributed by atoms with Crippen LogP contribution in [0.1, 0.15) is 24.6 Å². The second kappa shape index (κ2) is 5.66. The molecule has 1 saturated heterocycles. The van der Waals surface area contributed by atoms with Gasteiger partial charge in [0.1, 0.15) is 0 Å². The fourth-order valence-corrected chi connectivity index (χ4v) is 3.16. The van der Waals surface area contributed by atoms with Gasteiger partial charge in [-0.05, 0) is 37.4 Å². The molecule has 0 aromatic carbocycles. The van der Waals surface area contributed by atoms with E-state index in [1.165, 1.54) is 30.8 Å². The summed E-state index contributed by atoms with van der Waals surface area (Å²) in [5.41, 5.74) is 6.78. The molecule has 0 radical (unpaired) electrons. The lowest BCUT2D eigenvalue weighted by Gasteiger charge is -2.22. The Balaban J connectivity index is 1.74. The van der Waals surface area contributed by atoms with Crippen molar-refractivity contribution in [2.24, 2.45) is 0 Å². The fourth-order valence-electron chi connectivity index (χ4n) is 2.39. The Kier molecular flexibility index (Phi) is 4.21. The highest BCUT2D eigenvalue weighted by Crippen LogP contribution is 2.19. The molecule has 2 rings (SSSR count). The zero-order valence-corrected chi connectivity index (χ0v) is 10.7. The Labute approximate surface area is 102 Å². The summed E-state index contributed by atoms with van der Waals surface area (Å²) in [4.78, 5) is 3.83. The van der Waals surface area contributed by atoms with Gasteiger partial charge in [-0.2, -0.15) is 0 Å². The lowest BCUT2D eigenvalue weighted by Crippen LogP contribution is -2.37. The van der Waals surface area contributed by atoms with E-state index in [9.17, 15) is 0 Å². The third-order valence-corrected chi connectivity index (χ3v) is 4.29. The van der Waals surface area contributed by atoms with Crippen LogP contribution in [0, 0.1) is 0 Å². The summed E-state index contributed by atoms with van der Waals surface area (Å²) < 4.78 is 0. The maximum atomic E-state index is 5.85. The topological polar surface area (TPSA) is 41.3 Å². The van der Waals surface area contributed by atoms with Crippen molar-refractivity contribution in [3.63, 3.8) is 0 Å². The van der Waals surface area contributed by atoms with Crippen LogP contribution >= 0.6 is 11.3 Å². The standard InChI is InChI=1S/C12H21N3S/c1-2-15-6-3-4-10(15)8-14-9-12-11(13)5-7-16-12/h5,7,10,14H,2-4,6,8-9,13H2,1H3. The number of anilines is 1. The van der Waals surface area contributed by atoms with Crippen LogP contribution in [0.15, 0.2) is 11.4 Å². The number of thiophene rings is 1. The molecule has 0 aliphatic carbocycles. The van der Waals surface area contributed by atoms with Crippen molar-refractivity contribution in [3.05, 3.63) is 16.3 Å². The molecule has 0 saturated carbocycles. The first kappa shape index (κ1) is 11.9. The van der Waals surface area contributed by atoms with E-state index in [1.807, 2.05) is 6.07 Å². The van der Waals surface area contributed by atoms with Crippen molar-refractivity contribution in [1.82, 2.24) is 10.2 Å². The Hall–Kier alpha value is -0.580. The van der Waals surface area contributed by atoms with Crippen LogP contribution in [0.3, 0.4) is 0 Å². The van der Waals surface area contributed by atoms with E-state index in [2.05, 4.69) is 22.5 Å². The average molecular weight is 239 g/mol. The largest absolute Gasteiger partial charge is 0.398 e. The summed E-state index contributed by atoms with van der Waals surface area (Å²) in [5, 5.41) is 5.58. The van der Waals surface area contributed by atoms with Gasteiger partial charge in [-0.1, -0.05) is 6.92 Å². The second-order valence-corrected chi connectivity index (χ2v) is 5.36. The maximum Gasteiger partial charge on any atom is 0.0468 e. The van der Waals surface area contributed by atoms with Crippen LogP contribution in [0.2, 0.25) is 0 Å². The van der Waals surface area contributed by atoms with Crippen molar-refractivity contribution in [3.8, 4) is 0 Å². The molecule has 0 spiro atoms. The second-order valence-electron chi connectivity index (χ2n) is 4.35. The molecule has 3 N–H and O–H groups in total. The number of nitrogens with one attached hydrogen (secondary N) is 1. The molecular weight excluding hydrogens is 218 g/mol. The summed E-state index contributed by atoms with van der Waals surface area (Å²) >= 11 is 1.74. The minimum atomic E-state index is 0.728. The molecule has 16 heavy (non-hydrogen) atoms. The number of hydrogen-bond acceptors (Lipinski definition) is 4. The molecule has 1 aliphatic rings. The summed E-state index contributed by atoms with van der Waals surface area (Å²) in [7, 11) is 0. The maximum absolute atomic E-state index is 5.85. The van der Waals surface area contributed by atoms with Crippen LogP contribution in [0.4, 0.5) is 5.69 Å². The van der Waals surface area contributed by atoms with Crippen LogP contribution < -0.4 is 11.1 Å². The number of nitrogen functional groups attached to an aromatic ring is 1. The van der Waals surface area contributed by atoms with E-state index >= 15 is 0 Å². The van der Waals surface area contributed by atoms with Crippen molar-refractivity contribution in [2.75, 3.05) is 25.4 Å². The van der Waals surface area contributed by atoms with Crippen LogP contribution in [0.25, 0.3) is 0 Å². The van der Waals surface area contributed by atoms with Crippen molar-refractivity contribution in [2.45, 2.75) is 32.4 Å². The van der Waals surface area contributed by atoms with E-state index < -0.39 is 0 Å². The first-order valence-corrected chi connectivity index (χ1v) is 6.96. The quantitative estimate of drug-likeness (QED) is 0.824. The minimum absolute atomic E-state index is 0.728. The molecule has 0 bridgehead atoms. The third kappa shape index (κ3) is 2.75. The first-order chi connectivity index (χ1) is 7.81. The molecule has 1 aromatic heterocycles. The van der Waals surface area contributed by atoms with Gasteiger partial charge in [0.05, 0.1) is 0 Å². The van der Waals surface area contributed by atoms with E-state index in [-0.39, 0.29) is 0 Å². The highest BCUT2D eigenvalue weighted by atomic mass is 32.1. The molecule has 2 heterocycles. The summed E-state index contributed by atoms with van der Waals surface area (Å²) in [6, 6.07) is 2.71. The number of hydrogen-bond donors (Lipinski definition) is 2. The van der Waals surface area contributed by atoms with Gasteiger partial charge >= 0.3 is 0 Å². The van der Waals surface area contributed by atoms with Crippen molar-refractivity contribution < 1.29 is 0 Å². The molecule has 0 amide bonds. The molecule has 4 heteroatoms. The van der Waals surface area contributed by atoms with Crippen molar-refractivity contribution >= 4 is 17.0 Å². The molecule has 3 nitrogen and oxygen atoms in total. The Morgan fingerprint density at radius 3 is 3.19 bits per heavy atom.